The Hall–Kier alpha value is -3.41. The maximum atomic E-state index is 12.4. The van der Waals surface area contributed by atoms with Gasteiger partial charge in [0.1, 0.15) is 13.2 Å². The molecular weight excluding hydrogens is 344 g/mol. The van der Waals surface area contributed by atoms with Crippen LogP contribution in [-0.2, 0) is 11.8 Å². The molecule has 4 rings (SSSR count). The van der Waals surface area contributed by atoms with Crippen molar-refractivity contribution in [2.75, 3.05) is 25.6 Å². The zero-order valence-corrected chi connectivity index (χ0v) is 15.2. The van der Waals surface area contributed by atoms with Gasteiger partial charge in [0.25, 0.3) is 0 Å². The molecule has 6 heteroatoms. The highest BCUT2D eigenvalue weighted by Crippen LogP contribution is 2.40. The average Bonchev–Trinajstić information content (AvgIpc) is 3.08. The summed E-state index contributed by atoms with van der Waals surface area (Å²) >= 11 is 0. The molecule has 0 saturated carbocycles. The van der Waals surface area contributed by atoms with Gasteiger partial charge in [-0.15, -0.1) is 0 Å². The quantitative estimate of drug-likeness (QED) is 0.719. The number of carbonyl (C=O) groups excluding carboxylic acids is 1. The summed E-state index contributed by atoms with van der Waals surface area (Å²) < 4.78 is 18.6. The zero-order chi connectivity index (χ0) is 18.8. The highest BCUT2D eigenvalue weighted by molar-refractivity contribution is 6.07. The summed E-state index contributed by atoms with van der Waals surface area (Å²) in [4.78, 5) is 12.4. The van der Waals surface area contributed by atoms with Gasteiger partial charge in [-0.05, 0) is 42.0 Å². The van der Waals surface area contributed by atoms with Crippen molar-refractivity contribution in [2.45, 2.75) is 0 Å². The van der Waals surface area contributed by atoms with E-state index in [4.69, 9.17) is 14.2 Å². The van der Waals surface area contributed by atoms with E-state index >= 15 is 0 Å². The van der Waals surface area contributed by atoms with Crippen LogP contribution in [0.25, 0.3) is 17.0 Å². The fourth-order valence-electron chi connectivity index (χ4n) is 3.15. The number of hydrogen-bond acceptors (Lipinski definition) is 4. The first kappa shape index (κ1) is 17.0. The Labute approximate surface area is 157 Å². The molecule has 1 amide bonds. The van der Waals surface area contributed by atoms with Crippen LogP contribution >= 0.6 is 0 Å². The third-order valence-electron chi connectivity index (χ3n) is 4.46. The summed E-state index contributed by atoms with van der Waals surface area (Å²) in [7, 11) is 3.55. The third-order valence-corrected chi connectivity index (χ3v) is 4.46. The van der Waals surface area contributed by atoms with Crippen LogP contribution in [0.5, 0.6) is 17.2 Å². The molecule has 1 aliphatic heterocycles. The number of benzene rings is 2. The Morgan fingerprint density at radius 2 is 2.07 bits per heavy atom. The zero-order valence-electron chi connectivity index (χ0n) is 15.2. The van der Waals surface area contributed by atoms with Crippen LogP contribution in [0, 0.1) is 0 Å². The molecule has 0 spiro atoms. The number of rotatable bonds is 4. The summed E-state index contributed by atoms with van der Waals surface area (Å²) in [5.41, 5.74) is 2.64. The Balaban J connectivity index is 1.55. The molecule has 0 saturated heterocycles. The SMILES string of the molecule is COc1cc(/C=C/C(=O)Nc2cccc3c2ccn3C)cc2c1OCCO2. The molecular formula is C21H20N2O4. The maximum Gasteiger partial charge on any atom is 0.248 e. The molecule has 0 atom stereocenters. The lowest BCUT2D eigenvalue weighted by Crippen LogP contribution is -2.16. The lowest BCUT2D eigenvalue weighted by Gasteiger charge is -2.20. The Morgan fingerprint density at radius 1 is 1.22 bits per heavy atom. The number of nitrogens with one attached hydrogen (secondary N) is 1. The summed E-state index contributed by atoms with van der Waals surface area (Å²) in [6.45, 7) is 0.983. The Kier molecular flexibility index (Phi) is 4.46. The molecule has 138 valence electrons. The molecule has 0 unspecified atom stereocenters. The largest absolute Gasteiger partial charge is 0.493 e. The molecule has 27 heavy (non-hydrogen) atoms. The van der Waals surface area contributed by atoms with Crippen LogP contribution in [0.4, 0.5) is 5.69 Å². The highest BCUT2D eigenvalue weighted by atomic mass is 16.6. The lowest BCUT2D eigenvalue weighted by atomic mass is 10.1. The van der Waals surface area contributed by atoms with E-state index in [1.165, 1.54) is 6.08 Å². The fraction of sp³-hybridized carbons (Fsp3) is 0.190. The minimum absolute atomic E-state index is 0.208. The normalized spacial score (nSPS) is 13.1. The summed E-state index contributed by atoms with van der Waals surface area (Å²) in [6.07, 6.45) is 5.19. The number of amides is 1. The fourth-order valence-corrected chi connectivity index (χ4v) is 3.15. The van der Waals surface area contributed by atoms with Crippen molar-refractivity contribution in [3.8, 4) is 17.2 Å². The summed E-state index contributed by atoms with van der Waals surface area (Å²) in [5, 5.41) is 3.94. The molecule has 0 radical (unpaired) electrons. The maximum absolute atomic E-state index is 12.4. The molecule has 1 N–H and O–H groups in total. The predicted molar refractivity (Wildman–Crippen MR) is 105 cm³/mol. The van der Waals surface area contributed by atoms with Gasteiger partial charge in [-0.25, -0.2) is 0 Å². The van der Waals surface area contributed by atoms with E-state index in [0.717, 1.165) is 22.2 Å². The Morgan fingerprint density at radius 3 is 2.93 bits per heavy atom. The highest BCUT2D eigenvalue weighted by Gasteiger charge is 2.17. The second-order valence-corrected chi connectivity index (χ2v) is 6.23. The second-order valence-electron chi connectivity index (χ2n) is 6.23. The van der Waals surface area contributed by atoms with Crippen LogP contribution in [0.3, 0.4) is 0 Å². The minimum atomic E-state index is -0.208. The molecule has 2 aromatic carbocycles. The van der Waals surface area contributed by atoms with E-state index in [9.17, 15) is 4.79 Å². The van der Waals surface area contributed by atoms with E-state index in [1.54, 1.807) is 13.2 Å². The topological polar surface area (TPSA) is 61.7 Å². The van der Waals surface area contributed by atoms with Crippen molar-refractivity contribution in [2.24, 2.45) is 7.05 Å². The lowest BCUT2D eigenvalue weighted by molar-refractivity contribution is -0.111. The van der Waals surface area contributed by atoms with Gasteiger partial charge in [0.15, 0.2) is 11.5 Å². The molecule has 0 bridgehead atoms. The monoisotopic (exact) mass is 364 g/mol. The Bertz CT molecular complexity index is 1020. The van der Waals surface area contributed by atoms with E-state index in [2.05, 4.69) is 5.32 Å². The first-order valence-electron chi connectivity index (χ1n) is 8.66. The minimum Gasteiger partial charge on any atom is -0.493 e. The number of hydrogen-bond donors (Lipinski definition) is 1. The van der Waals surface area contributed by atoms with Crippen LogP contribution < -0.4 is 19.5 Å². The number of ether oxygens (including phenoxy) is 3. The van der Waals surface area contributed by atoms with Crippen LogP contribution in [0.2, 0.25) is 0 Å². The van der Waals surface area contributed by atoms with Gasteiger partial charge in [0.2, 0.25) is 11.7 Å². The molecule has 1 aliphatic rings. The van der Waals surface area contributed by atoms with Gasteiger partial charge >= 0.3 is 0 Å². The van der Waals surface area contributed by atoms with Gasteiger partial charge in [-0.3, -0.25) is 4.79 Å². The van der Waals surface area contributed by atoms with Crippen LogP contribution in [0.1, 0.15) is 5.56 Å². The van der Waals surface area contributed by atoms with Gasteiger partial charge in [0.05, 0.1) is 12.8 Å². The van der Waals surface area contributed by atoms with Gasteiger partial charge in [-0.2, -0.15) is 0 Å². The number of fused-ring (bicyclic) bond motifs is 2. The van der Waals surface area contributed by atoms with Gasteiger partial charge < -0.3 is 24.1 Å². The third kappa shape index (κ3) is 3.33. The first-order chi connectivity index (χ1) is 13.2. The summed E-state index contributed by atoms with van der Waals surface area (Å²) in [6, 6.07) is 11.5. The molecule has 1 aromatic heterocycles. The van der Waals surface area contributed by atoms with Crippen molar-refractivity contribution < 1.29 is 19.0 Å². The molecule has 0 aliphatic carbocycles. The molecule has 6 nitrogen and oxygen atoms in total. The number of aryl methyl sites for hydroxylation is 1. The second kappa shape index (κ2) is 7.07. The van der Waals surface area contributed by atoms with E-state index < -0.39 is 0 Å². The standard InChI is InChI=1S/C21H20N2O4/c1-23-9-8-15-16(4-3-5-17(15)23)22-20(24)7-6-14-12-18(25-2)21-19(13-14)26-10-11-27-21/h3-9,12-13H,10-11H2,1-2H3,(H,22,24)/b7-6+. The predicted octanol–water partition coefficient (Wildman–Crippen LogP) is 3.61. The number of aromatic nitrogens is 1. The van der Waals surface area contributed by atoms with Gasteiger partial charge in [-0.1, -0.05) is 6.07 Å². The van der Waals surface area contributed by atoms with Crippen molar-refractivity contribution in [3.63, 3.8) is 0 Å². The van der Waals surface area contributed by atoms with Crippen LogP contribution in [0.15, 0.2) is 48.7 Å². The smallest absolute Gasteiger partial charge is 0.248 e. The molecule has 0 fully saturated rings. The number of nitrogens with zero attached hydrogens (tertiary/aromatic N) is 1. The number of carbonyl (C=O) groups is 1. The van der Waals surface area contributed by atoms with Crippen molar-refractivity contribution in [1.29, 1.82) is 0 Å². The van der Waals surface area contributed by atoms with E-state index in [1.807, 2.05) is 54.2 Å². The average molecular weight is 364 g/mol. The molecule has 3 aromatic rings. The number of methoxy groups -OCH3 is 1. The summed E-state index contributed by atoms with van der Waals surface area (Å²) in [5.74, 6) is 1.59. The first-order valence-corrected chi connectivity index (χ1v) is 8.66. The van der Waals surface area contributed by atoms with E-state index in [0.29, 0.717) is 30.5 Å². The van der Waals surface area contributed by atoms with Crippen molar-refractivity contribution >= 4 is 28.6 Å². The van der Waals surface area contributed by atoms with Gasteiger partial charge in [0, 0.05) is 30.2 Å². The van der Waals surface area contributed by atoms with Crippen molar-refractivity contribution in [1.82, 2.24) is 4.57 Å². The van der Waals surface area contributed by atoms with E-state index in [-0.39, 0.29) is 5.91 Å². The number of anilines is 1. The van der Waals surface area contributed by atoms with Crippen molar-refractivity contribution in [3.05, 3.63) is 54.2 Å². The molecule has 2 heterocycles. The van der Waals surface area contributed by atoms with Crippen LogP contribution in [-0.4, -0.2) is 30.8 Å².